The zero-order chi connectivity index (χ0) is 20.5. The van der Waals surface area contributed by atoms with E-state index < -0.39 is 0 Å². The van der Waals surface area contributed by atoms with Crippen LogP contribution in [0.2, 0.25) is 0 Å². The fourth-order valence-corrected chi connectivity index (χ4v) is 3.32. The third-order valence-corrected chi connectivity index (χ3v) is 4.81. The number of imidazole rings is 1. The normalized spacial score (nSPS) is 11.0. The molecule has 0 bridgehead atoms. The van der Waals surface area contributed by atoms with Gasteiger partial charge in [0.1, 0.15) is 17.2 Å². The number of aromatic nitrogens is 4. The number of pyridine rings is 2. The van der Waals surface area contributed by atoms with Crippen molar-refractivity contribution in [3.8, 4) is 22.6 Å². The predicted octanol–water partition coefficient (Wildman–Crippen LogP) is 4.61. The second-order valence-corrected chi connectivity index (χ2v) is 6.83. The third-order valence-electron chi connectivity index (χ3n) is 4.81. The standard InChI is InChI=1S/C23H17N5O2/c1-15-7-6-12-28-21(15)25-20(16-8-3-2-4-9-16)22(28)26-23(29)18-13-19(30-27-18)17-10-5-11-24-14-17/h2-14H,1H3,(H,26,29). The Balaban J connectivity index is 1.55. The molecule has 0 radical (unpaired) electrons. The molecule has 4 aromatic heterocycles. The molecule has 0 atom stereocenters. The van der Waals surface area contributed by atoms with Gasteiger partial charge in [0.05, 0.1) is 0 Å². The van der Waals surface area contributed by atoms with Crippen LogP contribution in [-0.4, -0.2) is 25.4 Å². The number of hydrogen-bond acceptors (Lipinski definition) is 5. The van der Waals surface area contributed by atoms with Crippen molar-refractivity contribution in [2.24, 2.45) is 0 Å². The second kappa shape index (κ2) is 7.29. The third kappa shape index (κ3) is 3.12. The fraction of sp³-hybridized carbons (Fsp3) is 0.0435. The number of rotatable bonds is 4. The van der Waals surface area contributed by atoms with E-state index >= 15 is 0 Å². The first-order valence-electron chi connectivity index (χ1n) is 9.42. The summed E-state index contributed by atoms with van der Waals surface area (Å²) in [5.74, 6) is 0.677. The summed E-state index contributed by atoms with van der Waals surface area (Å²) in [6.45, 7) is 1.99. The van der Waals surface area contributed by atoms with Crippen molar-refractivity contribution in [3.05, 3.63) is 90.5 Å². The van der Waals surface area contributed by atoms with Crippen molar-refractivity contribution in [1.82, 2.24) is 19.5 Å². The lowest BCUT2D eigenvalue weighted by Gasteiger charge is -2.06. The zero-order valence-corrected chi connectivity index (χ0v) is 16.1. The van der Waals surface area contributed by atoms with E-state index in [0.717, 1.165) is 22.3 Å². The fourth-order valence-electron chi connectivity index (χ4n) is 3.32. The Hall–Kier alpha value is -4.26. The molecule has 7 heteroatoms. The first-order chi connectivity index (χ1) is 14.7. The molecule has 0 saturated carbocycles. The molecule has 0 aliphatic carbocycles. The van der Waals surface area contributed by atoms with E-state index in [0.29, 0.717) is 17.3 Å². The molecule has 7 nitrogen and oxygen atoms in total. The van der Waals surface area contributed by atoms with Crippen LogP contribution in [0.1, 0.15) is 16.1 Å². The van der Waals surface area contributed by atoms with Gasteiger partial charge in [-0.2, -0.15) is 0 Å². The lowest BCUT2D eigenvalue weighted by molar-refractivity contribution is 0.101. The van der Waals surface area contributed by atoms with Crippen LogP contribution in [-0.2, 0) is 0 Å². The lowest BCUT2D eigenvalue weighted by atomic mass is 10.1. The van der Waals surface area contributed by atoms with Gasteiger partial charge in [0.15, 0.2) is 11.5 Å². The van der Waals surface area contributed by atoms with Crippen molar-refractivity contribution in [1.29, 1.82) is 0 Å². The van der Waals surface area contributed by atoms with E-state index in [-0.39, 0.29) is 11.6 Å². The van der Waals surface area contributed by atoms with Crippen LogP contribution >= 0.6 is 0 Å². The van der Waals surface area contributed by atoms with Crippen LogP contribution in [0.4, 0.5) is 5.82 Å². The predicted molar refractivity (Wildman–Crippen MR) is 113 cm³/mol. The molecule has 1 aromatic carbocycles. The quantitative estimate of drug-likeness (QED) is 0.480. The van der Waals surface area contributed by atoms with Crippen LogP contribution in [0.3, 0.4) is 0 Å². The molecule has 5 rings (SSSR count). The minimum Gasteiger partial charge on any atom is -0.355 e. The molecular formula is C23H17N5O2. The Morgan fingerprint density at radius 1 is 1.03 bits per heavy atom. The SMILES string of the molecule is Cc1cccn2c(NC(=O)c3cc(-c4cccnc4)on3)c(-c3ccccc3)nc12. The molecule has 0 aliphatic rings. The molecule has 0 spiro atoms. The first kappa shape index (κ1) is 17.8. The molecule has 4 heterocycles. The summed E-state index contributed by atoms with van der Waals surface area (Å²) >= 11 is 0. The van der Waals surface area contributed by atoms with Crippen molar-refractivity contribution in [3.63, 3.8) is 0 Å². The van der Waals surface area contributed by atoms with Crippen LogP contribution in [0.5, 0.6) is 0 Å². The van der Waals surface area contributed by atoms with Crippen LogP contribution in [0.15, 0.2) is 83.8 Å². The number of benzene rings is 1. The average Bonchev–Trinajstić information content (AvgIpc) is 3.42. The number of carbonyl (C=O) groups is 1. The van der Waals surface area contributed by atoms with Gasteiger partial charge in [-0.25, -0.2) is 4.98 Å². The molecule has 5 aromatic rings. The molecule has 0 aliphatic heterocycles. The highest BCUT2D eigenvalue weighted by atomic mass is 16.5. The number of nitrogens with one attached hydrogen (secondary N) is 1. The molecule has 30 heavy (non-hydrogen) atoms. The number of fused-ring (bicyclic) bond motifs is 1. The highest BCUT2D eigenvalue weighted by molar-refractivity contribution is 6.05. The van der Waals surface area contributed by atoms with E-state index in [1.165, 1.54) is 0 Å². The molecule has 0 saturated heterocycles. The highest BCUT2D eigenvalue weighted by Gasteiger charge is 2.20. The summed E-state index contributed by atoms with van der Waals surface area (Å²) in [6, 6.07) is 18.9. The molecule has 1 amide bonds. The average molecular weight is 395 g/mol. The van der Waals surface area contributed by atoms with Gasteiger partial charge in [0, 0.05) is 35.8 Å². The van der Waals surface area contributed by atoms with E-state index in [1.807, 2.05) is 66.1 Å². The number of carbonyl (C=O) groups excluding carboxylic acids is 1. The van der Waals surface area contributed by atoms with Crippen molar-refractivity contribution in [2.45, 2.75) is 6.92 Å². The summed E-state index contributed by atoms with van der Waals surface area (Å²) in [6.07, 6.45) is 5.20. The van der Waals surface area contributed by atoms with Crippen molar-refractivity contribution >= 4 is 17.4 Å². The van der Waals surface area contributed by atoms with E-state index in [1.54, 1.807) is 24.5 Å². The summed E-state index contributed by atoms with van der Waals surface area (Å²) in [7, 11) is 0. The van der Waals surface area contributed by atoms with E-state index in [4.69, 9.17) is 9.51 Å². The Morgan fingerprint density at radius 3 is 2.67 bits per heavy atom. The highest BCUT2D eigenvalue weighted by Crippen LogP contribution is 2.30. The number of amides is 1. The Labute approximate surface area is 172 Å². The maximum absolute atomic E-state index is 13.0. The Kier molecular flexibility index (Phi) is 4.33. The zero-order valence-electron chi connectivity index (χ0n) is 16.1. The van der Waals surface area contributed by atoms with Gasteiger partial charge in [-0.05, 0) is 30.7 Å². The van der Waals surface area contributed by atoms with Crippen molar-refractivity contribution in [2.75, 3.05) is 5.32 Å². The van der Waals surface area contributed by atoms with Crippen LogP contribution < -0.4 is 5.32 Å². The summed E-state index contributed by atoms with van der Waals surface area (Å²) in [4.78, 5) is 21.8. The monoisotopic (exact) mass is 395 g/mol. The minimum atomic E-state index is -0.380. The Bertz CT molecular complexity index is 1340. The van der Waals surface area contributed by atoms with Gasteiger partial charge < -0.3 is 9.84 Å². The number of nitrogens with zero attached hydrogens (tertiary/aromatic N) is 4. The molecule has 0 unspecified atom stereocenters. The lowest BCUT2D eigenvalue weighted by Crippen LogP contribution is -2.14. The minimum absolute atomic E-state index is 0.176. The number of anilines is 1. The molecule has 0 fully saturated rings. The largest absolute Gasteiger partial charge is 0.355 e. The van der Waals surface area contributed by atoms with Crippen LogP contribution in [0, 0.1) is 6.92 Å². The number of hydrogen-bond donors (Lipinski definition) is 1. The van der Waals surface area contributed by atoms with E-state index in [2.05, 4.69) is 15.5 Å². The van der Waals surface area contributed by atoms with Gasteiger partial charge in [-0.3, -0.25) is 14.2 Å². The van der Waals surface area contributed by atoms with Crippen LogP contribution in [0.25, 0.3) is 28.2 Å². The van der Waals surface area contributed by atoms with Gasteiger partial charge in [-0.15, -0.1) is 0 Å². The molecular weight excluding hydrogens is 378 g/mol. The summed E-state index contributed by atoms with van der Waals surface area (Å²) < 4.78 is 7.21. The summed E-state index contributed by atoms with van der Waals surface area (Å²) in [5, 5.41) is 6.89. The molecule has 146 valence electrons. The first-order valence-corrected chi connectivity index (χ1v) is 9.42. The van der Waals surface area contributed by atoms with Crippen molar-refractivity contribution < 1.29 is 9.32 Å². The van der Waals surface area contributed by atoms with E-state index in [9.17, 15) is 4.79 Å². The maximum Gasteiger partial charge on any atom is 0.279 e. The number of aryl methyl sites for hydroxylation is 1. The van der Waals surface area contributed by atoms with Gasteiger partial charge in [0.2, 0.25) is 0 Å². The molecule has 1 N–H and O–H groups in total. The maximum atomic E-state index is 13.0. The van der Waals surface area contributed by atoms with Gasteiger partial charge in [0.25, 0.3) is 5.91 Å². The second-order valence-electron chi connectivity index (χ2n) is 6.83. The van der Waals surface area contributed by atoms with Gasteiger partial charge >= 0.3 is 0 Å². The summed E-state index contributed by atoms with van der Waals surface area (Å²) in [5.41, 5.74) is 4.31. The Morgan fingerprint density at radius 2 is 1.87 bits per heavy atom. The van der Waals surface area contributed by atoms with Gasteiger partial charge in [-0.1, -0.05) is 41.6 Å². The smallest absolute Gasteiger partial charge is 0.279 e. The topological polar surface area (TPSA) is 85.3 Å².